The van der Waals surface area contributed by atoms with Crippen LogP contribution in [-0.2, 0) is 35.3 Å². The largest absolute Gasteiger partial charge is 0.306 e. The summed E-state index contributed by atoms with van der Waals surface area (Å²) < 4.78 is 9.54. The van der Waals surface area contributed by atoms with Crippen LogP contribution in [0, 0.1) is 13.8 Å². The smallest absolute Gasteiger partial charge is 0.261 e. The van der Waals surface area contributed by atoms with Gasteiger partial charge in [0, 0.05) is 52.1 Å². The maximum Gasteiger partial charge on any atom is 0.261 e. The molecule has 0 saturated carbocycles. The number of unbranched alkanes of at least 4 members (excludes halogenated alkanes) is 72. The van der Waals surface area contributed by atoms with Crippen molar-refractivity contribution in [1.82, 2.24) is 9.80 Å². The van der Waals surface area contributed by atoms with Gasteiger partial charge in [-0.3, -0.25) is 9.59 Å². The third-order valence-corrected chi connectivity index (χ3v) is 41.0. The summed E-state index contributed by atoms with van der Waals surface area (Å²) in [4.78, 5) is 49.9. The lowest BCUT2D eigenvalue weighted by atomic mass is 10.0. The molecule has 12 heteroatoms. The Labute approximate surface area is 867 Å². The van der Waals surface area contributed by atoms with Crippen molar-refractivity contribution in [2.45, 2.75) is 582 Å². The van der Waals surface area contributed by atoms with Crippen LogP contribution in [0.2, 0.25) is 0 Å². The fraction of sp³-hybridized carbons (Fsp3) is 0.742. The average molecular weight is 2010 g/mol. The predicted molar refractivity (Wildman–Crippen MR) is 620 cm³/mol. The van der Waals surface area contributed by atoms with Gasteiger partial charge in [0.1, 0.15) is 0 Å². The zero-order valence-corrected chi connectivity index (χ0v) is 95.4. The normalized spacial score (nSPS) is 13.2. The van der Waals surface area contributed by atoms with Gasteiger partial charge in [0.05, 0.1) is 60.5 Å². The highest BCUT2D eigenvalue weighted by molar-refractivity contribution is 7.46. The molecule has 0 unspecified atom stereocenters. The van der Waals surface area contributed by atoms with Crippen molar-refractivity contribution in [3.05, 3.63) is 89.3 Å². The fourth-order valence-electron chi connectivity index (χ4n) is 22.1. The Hall–Kier alpha value is -3.20. The third kappa shape index (κ3) is 39.3. The average Bonchev–Trinajstić information content (AvgIpc) is 1.55. The number of carbonyl (C=O) groups excluding carboxylic acids is 2. The van der Waals surface area contributed by atoms with Crippen molar-refractivity contribution in [2.75, 3.05) is 13.1 Å². The Morgan fingerprint density at radius 1 is 0.199 bits per heavy atom. The van der Waals surface area contributed by atoms with E-state index in [2.05, 4.69) is 170 Å². The van der Waals surface area contributed by atoms with Crippen molar-refractivity contribution < 1.29 is 9.59 Å². The van der Waals surface area contributed by atoms with Gasteiger partial charge in [-0.05, 0) is 137 Å². The van der Waals surface area contributed by atoms with E-state index < -0.39 is 0 Å². The lowest BCUT2D eigenvalue weighted by Gasteiger charge is -2.24. The van der Waals surface area contributed by atoms with Crippen LogP contribution >= 0.6 is 90.7 Å². The molecule has 4 nitrogen and oxygen atoms in total. The van der Waals surface area contributed by atoms with Gasteiger partial charge < -0.3 is 9.80 Å². The molecule has 0 aliphatic carbocycles. The molecule has 0 saturated heterocycles. The minimum Gasteiger partial charge on any atom is -0.306 e. The van der Waals surface area contributed by atoms with E-state index in [1.807, 2.05) is 11.3 Å². The number of amides is 2. The molecule has 8 aromatic rings. The molecule has 0 fully saturated rings. The van der Waals surface area contributed by atoms with Crippen LogP contribution in [0.25, 0.3) is 68.9 Å². The SMILES string of the molecule is CCCCCCCCCCCCCCCCCc1c(-c2sc(C)cc2CCCCCCCCCCCC)sc2c1sc1c3sc(-c4sc(-c5ccc(C6=C7C(=O)N(CCCCCCCCCCCCCCCC)C(c8ccc(C)s8)=C7C(=O)N6CCCCCCCCCCCCCCCC)s5)cc4CCCCCCCCCCCC)c(CCCCCCCCCCCCCCCCC)c3sc21. The second-order valence-electron chi connectivity index (χ2n) is 42.6. The highest BCUT2D eigenvalue weighted by atomic mass is 32.1. The van der Waals surface area contributed by atoms with Crippen LogP contribution in [0.15, 0.2) is 47.5 Å². The molecule has 2 aliphatic rings. The van der Waals surface area contributed by atoms with E-state index in [1.54, 1.807) is 76.4 Å². The lowest BCUT2D eigenvalue weighted by molar-refractivity contribution is -0.124. The van der Waals surface area contributed by atoms with E-state index in [4.69, 9.17) is 0 Å². The van der Waals surface area contributed by atoms with Crippen LogP contribution in [0.5, 0.6) is 0 Å². The standard InChI is InChI=1S/C124H198N2O2S8/c1-9-15-21-27-33-39-45-49-53-55-59-65-71-77-83-89-103-115(113-101(97-100(8)130-113)87-81-75-69-63-43-37-31-25-19-13-5)133-119-117(103)135-122-120-118(136-121(119)122)104(90-84-78-72-66-60-56-54-50-46-40-34-28-22-16-10-2)116(134-120)114-102(88-82-76-70-64-44-38-32-26-20-14-6)98-108(132-114)105-93-94-107(131-105)112-110-109(123(127)126(112)96-86-80-74-68-62-58-52-48-42-36-30-24-18-12-4)111(106-92-91-99(7)129-106)125(124(110)128)95-85-79-73-67-61-57-51-47-41-35-29-23-17-11-3/h91-94,97-98H,9-90,95-96H2,1-8H3. The summed E-state index contributed by atoms with van der Waals surface area (Å²) in [5.41, 5.74) is 9.61. The van der Waals surface area contributed by atoms with Gasteiger partial charge in [-0.1, -0.05) is 504 Å². The maximum absolute atomic E-state index is 16.0. The van der Waals surface area contributed by atoms with Crippen molar-refractivity contribution in [1.29, 1.82) is 0 Å². The van der Waals surface area contributed by atoms with Crippen molar-refractivity contribution in [2.24, 2.45) is 0 Å². The molecule has 0 bridgehead atoms. The first-order valence-corrected chi connectivity index (χ1v) is 65.6. The number of carbonyl (C=O) groups is 2. The minimum absolute atomic E-state index is 0.0436. The number of thiophene rings is 8. The lowest BCUT2D eigenvalue weighted by Crippen LogP contribution is -2.30. The van der Waals surface area contributed by atoms with Crippen molar-refractivity contribution in [3.8, 4) is 29.3 Å². The quantitative estimate of drug-likeness (QED) is 0.0357. The minimum atomic E-state index is 0.0436. The number of hydrogen-bond acceptors (Lipinski definition) is 10. The van der Waals surface area contributed by atoms with Crippen molar-refractivity contribution in [3.63, 3.8) is 0 Å². The van der Waals surface area contributed by atoms with Crippen LogP contribution in [0.3, 0.4) is 0 Å². The number of nitrogens with zero attached hydrogens (tertiary/aromatic N) is 2. The molecule has 0 atom stereocenters. The van der Waals surface area contributed by atoms with Crippen LogP contribution in [-0.4, -0.2) is 34.7 Å². The summed E-state index contributed by atoms with van der Waals surface area (Å²) in [6.45, 7) is 19.9. The maximum atomic E-state index is 16.0. The summed E-state index contributed by atoms with van der Waals surface area (Å²) in [6, 6.07) is 14.4. The Morgan fingerprint density at radius 3 is 0.735 bits per heavy atom. The summed E-state index contributed by atoms with van der Waals surface area (Å²) in [5, 5.41) is 0. The zero-order valence-electron chi connectivity index (χ0n) is 88.8. The van der Waals surface area contributed by atoms with Crippen LogP contribution in [0.1, 0.15) is 584 Å². The van der Waals surface area contributed by atoms with Gasteiger partial charge in [0.15, 0.2) is 0 Å². The molecular formula is C124H198N2O2S8. The number of fused-ring (bicyclic) bond motifs is 6. The molecule has 136 heavy (non-hydrogen) atoms. The Morgan fingerprint density at radius 2 is 0.441 bits per heavy atom. The first-order chi connectivity index (χ1) is 67.1. The molecule has 764 valence electrons. The van der Waals surface area contributed by atoms with Gasteiger partial charge in [-0.15, -0.1) is 90.7 Å². The second-order valence-corrected chi connectivity index (χ2v) is 51.3. The van der Waals surface area contributed by atoms with Gasteiger partial charge in [-0.2, -0.15) is 0 Å². The monoisotopic (exact) mass is 2000 g/mol. The summed E-state index contributed by atoms with van der Waals surface area (Å²) in [5.74, 6) is 0.0872. The zero-order chi connectivity index (χ0) is 95.5. The Kier molecular flexibility index (Phi) is 59.5. The van der Waals surface area contributed by atoms with E-state index in [-0.39, 0.29) is 11.8 Å². The molecule has 10 rings (SSSR count). The van der Waals surface area contributed by atoms with Crippen molar-refractivity contribution >= 4 is 142 Å². The first-order valence-electron chi connectivity index (χ1n) is 59.1. The molecule has 2 aliphatic heterocycles. The molecule has 0 spiro atoms. The van der Waals surface area contributed by atoms with E-state index in [1.165, 1.54) is 512 Å². The predicted octanol–water partition coefficient (Wildman–Crippen LogP) is 45.8. The Balaban J connectivity index is 0.968. The molecular weight excluding hydrogens is 1810 g/mol. The molecule has 0 N–H and O–H groups in total. The van der Waals surface area contributed by atoms with Crippen LogP contribution in [0.4, 0.5) is 0 Å². The van der Waals surface area contributed by atoms with Gasteiger partial charge in [-0.25, -0.2) is 0 Å². The van der Waals surface area contributed by atoms with E-state index in [0.29, 0.717) is 24.2 Å². The van der Waals surface area contributed by atoms with E-state index in [0.717, 1.165) is 59.7 Å². The van der Waals surface area contributed by atoms with Gasteiger partial charge in [0.25, 0.3) is 11.8 Å². The summed E-state index contributed by atoms with van der Waals surface area (Å²) in [7, 11) is 0. The molecule has 10 heterocycles. The molecule has 8 aromatic heterocycles. The number of aryl methyl sites for hydroxylation is 6. The summed E-state index contributed by atoms with van der Waals surface area (Å²) >= 11 is 16.6. The number of hydrogen-bond donors (Lipinski definition) is 0. The Bertz CT molecular complexity index is 4540. The number of rotatable bonds is 89. The molecule has 2 amide bonds. The third-order valence-electron chi connectivity index (χ3n) is 30.5. The fourth-order valence-corrected chi connectivity index (χ4v) is 33.1. The summed E-state index contributed by atoms with van der Waals surface area (Å²) in [6.07, 6.45) is 110. The van der Waals surface area contributed by atoms with Gasteiger partial charge in [0.2, 0.25) is 0 Å². The first kappa shape index (κ1) is 115. The molecule has 0 radical (unpaired) electrons. The second kappa shape index (κ2) is 70.5. The highest BCUT2D eigenvalue weighted by Gasteiger charge is 2.49. The van der Waals surface area contributed by atoms with E-state index >= 15 is 9.59 Å². The van der Waals surface area contributed by atoms with E-state index in [9.17, 15) is 0 Å². The van der Waals surface area contributed by atoms with Crippen LogP contribution < -0.4 is 0 Å². The topological polar surface area (TPSA) is 40.6 Å². The van der Waals surface area contributed by atoms with Gasteiger partial charge >= 0.3 is 0 Å². The molecule has 0 aromatic carbocycles. The highest BCUT2D eigenvalue weighted by Crippen LogP contribution is 2.59.